The number of hydrogen-bond donors (Lipinski definition) is 0. The average Bonchev–Trinajstić information content (AvgIpc) is 3.00. The van der Waals surface area contributed by atoms with Gasteiger partial charge in [0.05, 0.1) is 0 Å². The summed E-state index contributed by atoms with van der Waals surface area (Å²) in [5, 5.41) is 20.5. The molecule has 0 N–H and O–H groups in total. The van der Waals surface area contributed by atoms with Crippen LogP contribution in [-0.2, 0) is 21.7 Å². The number of hydrogen-bond acceptors (Lipinski definition) is 2. The summed E-state index contributed by atoms with van der Waals surface area (Å²) in [6, 6.07) is 26.7. The Kier molecular flexibility index (Phi) is 11.0. The molecule has 3 heteroatoms. The van der Waals surface area contributed by atoms with E-state index in [9.17, 15) is 10.2 Å². The van der Waals surface area contributed by atoms with Crippen molar-refractivity contribution < 1.29 is 31.9 Å². The second-order valence-corrected chi connectivity index (χ2v) is 3.59. The van der Waals surface area contributed by atoms with Crippen LogP contribution in [0.3, 0.4) is 0 Å². The number of benzene rings is 2. The van der Waals surface area contributed by atoms with Crippen LogP contribution in [-0.4, -0.2) is 0 Å². The molecule has 0 bridgehead atoms. The molecule has 0 spiro atoms. The summed E-state index contributed by atoms with van der Waals surface area (Å²) in [4.78, 5) is 0. The van der Waals surface area contributed by atoms with Gasteiger partial charge in [-0.25, -0.2) is 12.1 Å². The first-order valence-electron chi connectivity index (χ1n) is 5.90. The zero-order chi connectivity index (χ0) is 13.8. The van der Waals surface area contributed by atoms with Gasteiger partial charge in [-0.05, 0) is 0 Å². The molecule has 0 saturated carbocycles. The Balaban J connectivity index is 0.000000268. The van der Waals surface area contributed by atoms with Crippen LogP contribution in [0, 0.1) is 0 Å². The van der Waals surface area contributed by atoms with E-state index in [-0.39, 0.29) is 33.2 Å². The van der Waals surface area contributed by atoms with E-state index >= 15 is 0 Å². The molecular weight excluding hydrogens is 284 g/mol. The van der Waals surface area contributed by atoms with Gasteiger partial charge in [0.15, 0.2) is 0 Å². The third-order valence-corrected chi connectivity index (χ3v) is 2.04. The maximum absolute atomic E-state index is 10.3. The molecule has 99 valence electrons. The number of para-hydroxylation sites is 2. The van der Waals surface area contributed by atoms with Crippen molar-refractivity contribution >= 4 is 0 Å². The van der Waals surface area contributed by atoms with Crippen molar-refractivity contribution in [2.24, 2.45) is 0 Å². The Hall–Kier alpha value is -1.90. The van der Waals surface area contributed by atoms with E-state index in [4.69, 9.17) is 0 Å². The minimum Gasteiger partial charge on any atom is -0.872 e. The zero-order valence-corrected chi connectivity index (χ0v) is 12.5. The van der Waals surface area contributed by atoms with Crippen LogP contribution in [0.25, 0.3) is 0 Å². The Morgan fingerprint density at radius 1 is 0.550 bits per heavy atom. The van der Waals surface area contributed by atoms with Crippen molar-refractivity contribution in [1.82, 2.24) is 0 Å². The van der Waals surface area contributed by atoms with Crippen LogP contribution in [0.1, 0.15) is 0 Å². The van der Waals surface area contributed by atoms with Crippen LogP contribution in [0.4, 0.5) is 0 Å². The van der Waals surface area contributed by atoms with E-state index in [1.807, 2.05) is 42.5 Å². The Morgan fingerprint density at radius 2 is 0.900 bits per heavy atom. The fourth-order valence-corrected chi connectivity index (χ4v) is 1.16. The SMILES string of the molecule is [O-]c1ccccc1.[O-]c1ccccc1.[Ti+3].c1cc[cH-]c1. The second-order valence-electron chi connectivity index (χ2n) is 3.59. The molecule has 0 aliphatic heterocycles. The summed E-state index contributed by atoms with van der Waals surface area (Å²) in [5.41, 5.74) is 0. The first-order valence-corrected chi connectivity index (χ1v) is 5.90. The van der Waals surface area contributed by atoms with Gasteiger partial charge in [0.1, 0.15) is 0 Å². The summed E-state index contributed by atoms with van der Waals surface area (Å²) >= 11 is 0. The van der Waals surface area contributed by atoms with E-state index in [0.29, 0.717) is 0 Å². The molecule has 3 aromatic rings. The van der Waals surface area contributed by atoms with Crippen molar-refractivity contribution in [3.05, 3.63) is 91.0 Å². The third kappa shape index (κ3) is 10.1. The van der Waals surface area contributed by atoms with Crippen LogP contribution < -0.4 is 10.2 Å². The van der Waals surface area contributed by atoms with Crippen LogP contribution in [0.5, 0.6) is 11.5 Å². The van der Waals surface area contributed by atoms with E-state index in [1.54, 1.807) is 24.3 Å². The molecule has 3 aromatic carbocycles. The summed E-state index contributed by atoms with van der Waals surface area (Å²) in [6.45, 7) is 0. The molecule has 0 unspecified atom stereocenters. The van der Waals surface area contributed by atoms with Crippen molar-refractivity contribution in [2.45, 2.75) is 0 Å². The van der Waals surface area contributed by atoms with E-state index in [1.165, 1.54) is 24.3 Å². The van der Waals surface area contributed by atoms with Crippen molar-refractivity contribution in [2.75, 3.05) is 0 Å². The summed E-state index contributed by atoms with van der Waals surface area (Å²) in [5.74, 6) is 0.144. The fraction of sp³-hybridized carbons (Fsp3) is 0. The predicted molar refractivity (Wildman–Crippen MR) is 73.8 cm³/mol. The molecule has 0 saturated heterocycles. The second kappa shape index (κ2) is 12.2. The fourth-order valence-electron chi connectivity index (χ4n) is 1.16. The standard InChI is InChI=1S/2C6H6O.C5H5.Ti/c2*7-6-4-2-1-3-5-6;1-2-4-5-3-1;/h2*1-5,7H;1-5H;/q;;-1;+3/p-2. The summed E-state index contributed by atoms with van der Waals surface area (Å²) < 4.78 is 0. The van der Waals surface area contributed by atoms with Gasteiger partial charge in [-0.3, -0.25) is 0 Å². The van der Waals surface area contributed by atoms with Gasteiger partial charge < -0.3 is 10.2 Å². The predicted octanol–water partition coefficient (Wildman–Crippen LogP) is 2.92. The van der Waals surface area contributed by atoms with Gasteiger partial charge in [-0.1, -0.05) is 60.7 Å². The molecule has 0 aliphatic carbocycles. The molecule has 0 atom stereocenters. The van der Waals surface area contributed by atoms with Gasteiger partial charge in [0, 0.05) is 0 Å². The molecule has 1 radical (unpaired) electrons. The normalized spacial score (nSPS) is 8.00. The summed E-state index contributed by atoms with van der Waals surface area (Å²) in [6.07, 6.45) is 0. The van der Waals surface area contributed by atoms with Gasteiger partial charge in [0.25, 0.3) is 0 Å². The first-order chi connectivity index (χ1) is 9.29. The minimum absolute atomic E-state index is 0. The van der Waals surface area contributed by atoms with Gasteiger partial charge in [-0.15, -0.1) is 11.5 Å². The Morgan fingerprint density at radius 3 is 1.05 bits per heavy atom. The third-order valence-electron chi connectivity index (χ3n) is 2.04. The van der Waals surface area contributed by atoms with Crippen molar-refractivity contribution in [3.8, 4) is 11.5 Å². The van der Waals surface area contributed by atoms with Gasteiger partial charge in [-0.2, -0.15) is 18.2 Å². The van der Waals surface area contributed by atoms with Crippen LogP contribution in [0.15, 0.2) is 91.0 Å². The molecule has 0 aliphatic rings. The molecule has 0 fully saturated rings. The largest absolute Gasteiger partial charge is 3.00 e. The molecule has 20 heavy (non-hydrogen) atoms. The molecule has 0 heterocycles. The van der Waals surface area contributed by atoms with E-state index in [2.05, 4.69) is 0 Å². The van der Waals surface area contributed by atoms with Gasteiger partial charge >= 0.3 is 21.7 Å². The molecule has 0 amide bonds. The smallest absolute Gasteiger partial charge is 0.872 e. The van der Waals surface area contributed by atoms with Crippen molar-refractivity contribution in [1.29, 1.82) is 0 Å². The van der Waals surface area contributed by atoms with E-state index < -0.39 is 0 Å². The first kappa shape index (κ1) is 18.1. The molecule has 2 nitrogen and oxygen atoms in total. The van der Waals surface area contributed by atoms with Gasteiger partial charge in [0.2, 0.25) is 0 Å². The van der Waals surface area contributed by atoms with Crippen molar-refractivity contribution in [3.63, 3.8) is 0 Å². The average molecular weight is 299 g/mol. The maximum atomic E-state index is 10.3. The topological polar surface area (TPSA) is 46.1 Å². The Labute approximate surface area is 134 Å². The summed E-state index contributed by atoms with van der Waals surface area (Å²) in [7, 11) is 0. The number of rotatable bonds is 0. The van der Waals surface area contributed by atoms with Crippen LogP contribution >= 0.6 is 0 Å². The molecular formula is C17H15O2Ti. The molecule has 0 aromatic heterocycles. The Bertz CT molecular complexity index is 452. The molecule has 3 rings (SSSR count). The monoisotopic (exact) mass is 299 g/mol. The zero-order valence-electron chi connectivity index (χ0n) is 11.0. The van der Waals surface area contributed by atoms with Crippen LogP contribution in [0.2, 0.25) is 0 Å². The van der Waals surface area contributed by atoms with E-state index in [0.717, 1.165) is 0 Å². The maximum Gasteiger partial charge on any atom is 3.00 e. The minimum atomic E-state index is 0. The quantitative estimate of drug-likeness (QED) is 0.473.